The zero-order chi connectivity index (χ0) is 10.1. The van der Waals surface area contributed by atoms with Gasteiger partial charge in [-0.25, -0.2) is 4.39 Å². The van der Waals surface area contributed by atoms with Crippen molar-refractivity contribution in [3.63, 3.8) is 0 Å². The number of pyridine rings is 1. The number of nitrogens with two attached hydrogens (primary N) is 1. The van der Waals surface area contributed by atoms with Gasteiger partial charge in [-0.1, -0.05) is 11.6 Å². The van der Waals surface area contributed by atoms with Gasteiger partial charge in [0.2, 0.25) is 0 Å². The molecule has 0 aliphatic heterocycles. The normalized spacial score (nSPS) is 14.4. The first-order chi connectivity index (χ1) is 5.97. The molecule has 1 atom stereocenters. The highest BCUT2D eigenvalue weighted by atomic mass is 79.9. The number of halogens is 4. The van der Waals surface area contributed by atoms with Gasteiger partial charge in [-0.05, 0) is 28.9 Å². The first kappa shape index (κ1) is 14.1. The Morgan fingerprint density at radius 2 is 2.29 bits per heavy atom. The van der Waals surface area contributed by atoms with Crippen molar-refractivity contribution in [3.05, 3.63) is 27.5 Å². The Kier molecular flexibility index (Phi) is 5.30. The predicted molar refractivity (Wildman–Crippen MR) is 61.7 cm³/mol. The molecular weight excluding hydrogens is 294 g/mol. The average Bonchev–Trinajstić information content (AvgIpc) is 2.03. The largest absolute Gasteiger partial charge is 0.327 e. The summed E-state index contributed by atoms with van der Waals surface area (Å²) >= 11 is 8.99. The molecule has 0 saturated heterocycles. The van der Waals surface area contributed by atoms with Crippen LogP contribution in [0, 0.1) is 0 Å². The van der Waals surface area contributed by atoms with Crippen molar-refractivity contribution in [2.75, 3.05) is 6.54 Å². The highest BCUT2D eigenvalue weighted by molar-refractivity contribution is 9.10. The van der Waals surface area contributed by atoms with E-state index in [0.717, 1.165) is 0 Å². The van der Waals surface area contributed by atoms with Crippen LogP contribution in [0.5, 0.6) is 0 Å². The SMILES string of the molecule is CC(F)(CN)c1ncc(Br)cc1Cl.Cl. The Balaban J connectivity index is 0.00000169. The van der Waals surface area contributed by atoms with Crippen LogP contribution in [0.25, 0.3) is 0 Å². The highest BCUT2D eigenvalue weighted by Crippen LogP contribution is 2.30. The van der Waals surface area contributed by atoms with Gasteiger partial charge in [-0.3, -0.25) is 4.98 Å². The molecule has 0 amide bonds. The summed E-state index contributed by atoms with van der Waals surface area (Å²) in [6, 6.07) is 1.59. The lowest BCUT2D eigenvalue weighted by Crippen LogP contribution is -2.28. The lowest BCUT2D eigenvalue weighted by atomic mass is 10.0. The van der Waals surface area contributed by atoms with Gasteiger partial charge in [0, 0.05) is 17.2 Å². The molecule has 1 aromatic rings. The number of hydrogen-bond acceptors (Lipinski definition) is 2. The van der Waals surface area contributed by atoms with E-state index in [0.29, 0.717) is 4.47 Å². The predicted octanol–water partition coefficient (Wildman–Crippen LogP) is 3.06. The Morgan fingerprint density at radius 3 is 2.71 bits per heavy atom. The van der Waals surface area contributed by atoms with Crippen molar-refractivity contribution in [1.29, 1.82) is 0 Å². The van der Waals surface area contributed by atoms with E-state index in [1.54, 1.807) is 6.07 Å². The molecule has 1 aromatic heterocycles. The van der Waals surface area contributed by atoms with Crippen LogP contribution in [0.1, 0.15) is 12.6 Å². The Morgan fingerprint density at radius 1 is 1.71 bits per heavy atom. The van der Waals surface area contributed by atoms with Gasteiger partial charge >= 0.3 is 0 Å². The number of nitrogens with zero attached hydrogens (tertiary/aromatic N) is 1. The number of aromatic nitrogens is 1. The van der Waals surface area contributed by atoms with E-state index in [-0.39, 0.29) is 29.7 Å². The van der Waals surface area contributed by atoms with E-state index in [9.17, 15) is 4.39 Å². The number of alkyl halides is 1. The van der Waals surface area contributed by atoms with Gasteiger partial charge in [0.25, 0.3) is 0 Å². The van der Waals surface area contributed by atoms with Crippen LogP contribution < -0.4 is 5.73 Å². The molecule has 0 bridgehead atoms. The second-order valence-corrected chi connectivity index (χ2v) is 4.21. The van der Waals surface area contributed by atoms with Crippen molar-refractivity contribution in [3.8, 4) is 0 Å². The van der Waals surface area contributed by atoms with E-state index >= 15 is 0 Å². The molecule has 14 heavy (non-hydrogen) atoms. The van der Waals surface area contributed by atoms with Crippen LogP contribution in [-0.4, -0.2) is 11.5 Å². The number of hydrogen-bond donors (Lipinski definition) is 1. The molecular formula is C8H10BrCl2FN2. The van der Waals surface area contributed by atoms with Crippen molar-refractivity contribution in [1.82, 2.24) is 4.98 Å². The van der Waals surface area contributed by atoms with E-state index in [1.807, 2.05) is 0 Å². The maximum absolute atomic E-state index is 13.7. The first-order valence-electron chi connectivity index (χ1n) is 3.68. The Bertz CT molecular complexity index is 320. The summed E-state index contributed by atoms with van der Waals surface area (Å²) in [4.78, 5) is 3.89. The van der Waals surface area contributed by atoms with Crippen molar-refractivity contribution in [2.45, 2.75) is 12.6 Å². The molecule has 0 aliphatic carbocycles. The molecule has 1 heterocycles. The topological polar surface area (TPSA) is 38.9 Å². The zero-order valence-electron chi connectivity index (χ0n) is 7.43. The third-order valence-electron chi connectivity index (χ3n) is 1.68. The molecule has 0 aromatic carbocycles. The van der Waals surface area contributed by atoms with Crippen molar-refractivity contribution < 1.29 is 4.39 Å². The quantitative estimate of drug-likeness (QED) is 0.912. The third kappa shape index (κ3) is 3.05. The maximum Gasteiger partial charge on any atom is 0.163 e. The standard InChI is InChI=1S/C8H9BrClFN2.ClH/c1-8(11,4-12)7-6(10)2-5(9)3-13-7;/h2-3H,4,12H2,1H3;1H. The molecule has 80 valence electrons. The van der Waals surface area contributed by atoms with Crippen LogP contribution >= 0.6 is 39.9 Å². The molecule has 0 spiro atoms. The fraction of sp³-hybridized carbons (Fsp3) is 0.375. The fourth-order valence-electron chi connectivity index (χ4n) is 0.895. The number of rotatable bonds is 2. The van der Waals surface area contributed by atoms with Crippen LogP contribution in [0.4, 0.5) is 4.39 Å². The summed E-state index contributed by atoms with van der Waals surface area (Å²) in [5, 5.41) is 0.282. The summed E-state index contributed by atoms with van der Waals surface area (Å²) in [7, 11) is 0. The lowest BCUT2D eigenvalue weighted by Gasteiger charge is -2.18. The Hall–Kier alpha value is 0.1000. The summed E-state index contributed by atoms with van der Waals surface area (Å²) < 4.78 is 14.4. The zero-order valence-corrected chi connectivity index (χ0v) is 10.6. The highest BCUT2D eigenvalue weighted by Gasteiger charge is 2.28. The van der Waals surface area contributed by atoms with Gasteiger partial charge in [-0.15, -0.1) is 12.4 Å². The molecule has 2 nitrogen and oxygen atoms in total. The van der Waals surface area contributed by atoms with Gasteiger partial charge in [0.05, 0.1) is 10.7 Å². The van der Waals surface area contributed by atoms with Gasteiger partial charge in [-0.2, -0.15) is 0 Å². The minimum atomic E-state index is -1.67. The lowest BCUT2D eigenvalue weighted by molar-refractivity contribution is 0.197. The molecule has 6 heteroatoms. The molecule has 2 N–H and O–H groups in total. The second-order valence-electron chi connectivity index (χ2n) is 2.89. The minimum Gasteiger partial charge on any atom is -0.327 e. The fourth-order valence-corrected chi connectivity index (χ4v) is 1.72. The van der Waals surface area contributed by atoms with Gasteiger partial charge in [0.15, 0.2) is 5.67 Å². The molecule has 0 radical (unpaired) electrons. The minimum absolute atomic E-state index is 0. The molecule has 0 saturated carbocycles. The summed E-state index contributed by atoms with van der Waals surface area (Å²) in [5.41, 5.74) is 3.77. The van der Waals surface area contributed by atoms with Crippen LogP contribution in [-0.2, 0) is 5.67 Å². The first-order valence-corrected chi connectivity index (χ1v) is 4.85. The van der Waals surface area contributed by atoms with Crippen LogP contribution in [0.2, 0.25) is 5.02 Å². The van der Waals surface area contributed by atoms with E-state index in [4.69, 9.17) is 17.3 Å². The van der Waals surface area contributed by atoms with Gasteiger partial charge in [0.1, 0.15) is 0 Å². The molecule has 0 fully saturated rings. The van der Waals surface area contributed by atoms with Crippen LogP contribution in [0.15, 0.2) is 16.7 Å². The monoisotopic (exact) mass is 302 g/mol. The van der Waals surface area contributed by atoms with Crippen molar-refractivity contribution in [2.24, 2.45) is 5.73 Å². The van der Waals surface area contributed by atoms with Crippen LogP contribution in [0.3, 0.4) is 0 Å². The molecule has 1 rings (SSSR count). The van der Waals surface area contributed by atoms with E-state index < -0.39 is 5.67 Å². The summed E-state index contributed by atoms with van der Waals surface area (Å²) in [5.74, 6) is 0. The average molecular weight is 304 g/mol. The molecule has 1 unspecified atom stereocenters. The summed E-state index contributed by atoms with van der Waals surface area (Å²) in [6.45, 7) is 1.22. The van der Waals surface area contributed by atoms with E-state index in [2.05, 4.69) is 20.9 Å². The molecule has 0 aliphatic rings. The van der Waals surface area contributed by atoms with Gasteiger partial charge < -0.3 is 5.73 Å². The van der Waals surface area contributed by atoms with E-state index in [1.165, 1.54) is 13.1 Å². The Labute approximate surface area is 102 Å². The maximum atomic E-state index is 13.7. The second kappa shape index (κ2) is 5.26. The van der Waals surface area contributed by atoms with Crippen molar-refractivity contribution >= 4 is 39.9 Å². The third-order valence-corrected chi connectivity index (χ3v) is 2.41. The summed E-state index contributed by atoms with van der Waals surface area (Å²) in [6.07, 6.45) is 1.49. The smallest absolute Gasteiger partial charge is 0.163 e.